The third kappa shape index (κ3) is 4.89. The SMILES string of the molecule is COc1cccc(C(=O)OCC(=O)NC(C)c2cccc(Cl)c2)c1OC. The number of hydrogen-bond acceptors (Lipinski definition) is 5. The Morgan fingerprint density at radius 1 is 1.12 bits per heavy atom. The fourth-order valence-electron chi connectivity index (χ4n) is 2.40. The Morgan fingerprint density at radius 2 is 1.85 bits per heavy atom. The summed E-state index contributed by atoms with van der Waals surface area (Å²) in [6.45, 7) is 1.40. The average Bonchev–Trinajstić information content (AvgIpc) is 2.65. The topological polar surface area (TPSA) is 73.9 Å². The monoisotopic (exact) mass is 377 g/mol. The van der Waals surface area contributed by atoms with Gasteiger partial charge in [-0.25, -0.2) is 4.79 Å². The third-order valence-electron chi connectivity index (χ3n) is 3.68. The quantitative estimate of drug-likeness (QED) is 0.748. The average molecular weight is 378 g/mol. The number of benzene rings is 2. The van der Waals surface area contributed by atoms with Crippen molar-refractivity contribution in [2.75, 3.05) is 20.8 Å². The van der Waals surface area contributed by atoms with E-state index in [2.05, 4.69) is 5.32 Å². The number of methoxy groups -OCH3 is 2. The number of nitrogens with one attached hydrogen (secondary N) is 1. The molecule has 1 amide bonds. The van der Waals surface area contributed by atoms with Crippen LogP contribution in [0.5, 0.6) is 11.5 Å². The molecule has 7 heteroatoms. The summed E-state index contributed by atoms with van der Waals surface area (Å²) in [6.07, 6.45) is 0. The predicted octanol–water partition coefficient (Wildman–Crippen LogP) is 3.39. The summed E-state index contributed by atoms with van der Waals surface area (Å²) >= 11 is 5.95. The molecule has 2 aromatic carbocycles. The molecule has 0 spiro atoms. The van der Waals surface area contributed by atoms with Crippen molar-refractivity contribution in [2.45, 2.75) is 13.0 Å². The van der Waals surface area contributed by atoms with Gasteiger partial charge in [0.2, 0.25) is 0 Å². The van der Waals surface area contributed by atoms with Gasteiger partial charge >= 0.3 is 5.97 Å². The normalized spacial score (nSPS) is 11.4. The molecule has 0 aromatic heterocycles. The molecular formula is C19H20ClNO5. The second-order valence-electron chi connectivity index (χ2n) is 5.46. The second kappa shape index (κ2) is 9.10. The summed E-state index contributed by atoms with van der Waals surface area (Å²) in [5, 5.41) is 3.33. The van der Waals surface area contributed by atoms with Gasteiger partial charge in [-0.05, 0) is 36.8 Å². The van der Waals surface area contributed by atoms with Gasteiger partial charge in [0.1, 0.15) is 5.56 Å². The summed E-state index contributed by atoms with van der Waals surface area (Å²) in [5.41, 5.74) is 1.04. The van der Waals surface area contributed by atoms with Crippen molar-refractivity contribution < 1.29 is 23.8 Å². The minimum Gasteiger partial charge on any atom is -0.493 e. The molecule has 0 heterocycles. The zero-order valence-corrected chi connectivity index (χ0v) is 15.5. The van der Waals surface area contributed by atoms with E-state index < -0.39 is 18.5 Å². The molecule has 0 radical (unpaired) electrons. The lowest BCUT2D eigenvalue weighted by molar-refractivity contribution is -0.124. The highest BCUT2D eigenvalue weighted by molar-refractivity contribution is 6.30. The van der Waals surface area contributed by atoms with Crippen LogP contribution in [0.3, 0.4) is 0 Å². The van der Waals surface area contributed by atoms with Gasteiger partial charge in [-0.2, -0.15) is 0 Å². The molecule has 2 rings (SSSR count). The molecule has 138 valence electrons. The summed E-state index contributed by atoms with van der Waals surface area (Å²) < 4.78 is 15.4. The Labute approximate surface area is 157 Å². The van der Waals surface area contributed by atoms with Crippen LogP contribution in [0.4, 0.5) is 0 Å². The maximum Gasteiger partial charge on any atom is 0.342 e. The molecule has 26 heavy (non-hydrogen) atoms. The summed E-state index contributed by atoms with van der Waals surface area (Å²) in [6, 6.07) is 11.7. The number of halogens is 1. The van der Waals surface area contributed by atoms with Gasteiger partial charge in [0, 0.05) is 5.02 Å². The number of para-hydroxylation sites is 1. The highest BCUT2D eigenvalue weighted by Gasteiger charge is 2.19. The van der Waals surface area contributed by atoms with Crippen LogP contribution in [-0.4, -0.2) is 32.7 Å². The number of carbonyl (C=O) groups excluding carboxylic acids is 2. The van der Waals surface area contributed by atoms with Gasteiger partial charge in [0.15, 0.2) is 18.1 Å². The molecule has 1 atom stereocenters. The minimum atomic E-state index is -0.675. The maximum atomic E-state index is 12.2. The van der Waals surface area contributed by atoms with Crippen LogP contribution in [0.2, 0.25) is 5.02 Å². The van der Waals surface area contributed by atoms with Crippen LogP contribution in [0, 0.1) is 0 Å². The largest absolute Gasteiger partial charge is 0.493 e. The smallest absolute Gasteiger partial charge is 0.342 e. The lowest BCUT2D eigenvalue weighted by atomic mass is 10.1. The third-order valence-corrected chi connectivity index (χ3v) is 3.92. The second-order valence-corrected chi connectivity index (χ2v) is 5.90. The van der Waals surface area contributed by atoms with Crippen LogP contribution in [0.25, 0.3) is 0 Å². The predicted molar refractivity (Wildman–Crippen MR) is 97.8 cm³/mol. The molecule has 0 aliphatic rings. The van der Waals surface area contributed by atoms with Gasteiger partial charge in [-0.3, -0.25) is 4.79 Å². The Morgan fingerprint density at radius 3 is 2.50 bits per heavy atom. The Bertz CT molecular complexity index is 793. The molecule has 1 unspecified atom stereocenters. The van der Waals surface area contributed by atoms with Gasteiger partial charge in [0.25, 0.3) is 5.91 Å². The van der Waals surface area contributed by atoms with Crippen molar-refractivity contribution >= 4 is 23.5 Å². The zero-order chi connectivity index (χ0) is 19.1. The Balaban J connectivity index is 1.96. The molecular weight excluding hydrogens is 358 g/mol. The van der Waals surface area contributed by atoms with E-state index in [0.717, 1.165) is 5.56 Å². The molecule has 6 nitrogen and oxygen atoms in total. The zero-order valence-electron chi connectivity index (χ0n) is 14.7. The molecule has 2 aromatic rings. The number of hydrogen-bond donors (Lipinski definition) is 1. The molecule has 0 saturated carbocycles. The molecule has 0 bridgehead atoms. The van der Waals surface area contributed by atoms with E-state index in [1.54, 1.807) is 30.3 Å². The minimum absolute atomic E-state index is 0.183. The van der Waals surface area contributed by atoms with Crippen molar-refractivity contribution in [1.82, 2.24) is 5.32 Å². The van der Waals surface area contributed by atoms with Crippen LogP contribution in [0.15, 0.2) is 42.5 Å². The molecule has 1 N–H and O–H groups in total. The lowest BCUT2D eigenvalue weighted by Gasteiger charge is -2.15. The van der Waals surface area contributed by atoms with E-state index in [1.165, 1.54) is 20.3 Å². The highest BCUT2D eigenvalue weighted by Crippen LogP contribution is 2.31. The molecule has 0 saturated heterocycles. The summed E-state index contributed by atoms with van der Waals surface area (Å²) in [5.74, 6) is -0.437. The van der Waals surface area contributed by atoms with E-state index in [-0.39, 0.29) is 17.4 Å². The molecule has 0 aliphatic heterocycles. The summed E-state index contributed by atoms with van der Waals surface area (Å²) in [4.78, 5) is 24.3. The van der Waals surface area contributed by atoms with Gasteiger partial charge in [0.05, 0.1) is 20.3 Å². The van der Waals surface area contributed by atoms with Crippen LogP contribution in [0.1, 0.15) is 28.9 Å². The van der Waals surface area contributed by atoms with Gasteiger partial charge in [-0.1, -0.05) is 29.8 Å². The van der Waals surface area contributed by atoms with Crippen molar-refractivity contribution in [1.29, 1.82) is 0 Å². The lowest BCUT2D eigenvalue weighted by Crippen LogP contribution is -2.31. The number of carbonyl (C=O) groups is 2. The van der Waals surface area contributed by atoms with Crippen molar-refractivity contribution in [2.24, 2.45) is 0 Å². The van der Waals surface area contributed by atoms with Crippen LogP contribution in [-0.2, 0) is 9.53 Å². The van der Waals surface area contributed by atoms with Crippen molar-refractivity contribution in [3.63, 3.8) is 0 Å². The number of rotatable bonds is 7. The van der Waals surface area contributed by atoms with Crippen LogP contribution < -0.4 is 14.8 Å². The Kier molecular flexibility index (Phi) is 6.86. The van der Waals surface area contributed by atoms with E-state index in [4.69, 9.17) is 25.8 Å². The van der Waals surface area contributed by atoms with Gasteiger partial charge < -0.3 is 19.5 Å². The van der Waals surface area contributed by atoms with E-state index >= 15 is 0 Å². The number of amides is 1. The maximum absolute atomic E-state index is 12.2. The van der Waals surface area contributed by atoms with Gasteiger partial charge in [-0.15, -0.1) is 0 Å². The van der Waals surface area contributed by atoms with E-state index in [1.807, 2.05) is 13.0 Å². The fourth-order valence-corrected chi connectivity index (χ4v) is 2.60. The Hall–Kier alpha value is -2.73. The highest BCUT2D eigenvalue weighted by atomic mass is 35.5. The number of esters is 1. The summed E-state index contributed by atoms with van der Waals surface area (Å²) in [7, 11) is 2.89. The van der Waals surface area contributed by atoms with E-state index in [9.17, 15) is 9.59 Å². The first kappa shape index (κ1) is 19.6. The molecule has 0 aliphatic carbocycles. The first-order valence-electron chi connectivity index (χ1n) is 7.89. The van der Waals surface area contributed by atoms with Crippen LogP contribution >= 0.6 is 11.6 Å². The number of ether oxygens (including phenoxy) is 3. The van der Waals surface area contributed by atoms with E-state index in [0.29, 0.717) is 10.8 Å². The van der Waals surface area contributed by atoms with Crippen molar-refractivity contribution in [3.8, 4) is 11.5 Å². The first-order valence-corrected chi connectivity index (χ1v) is 8.27. The standard InChI is InChI=1S/C19H20ClNO5/c1-12(13-6-4-7-14(20)10-13)21-17(22)11-26-19(23)15-8-5-9-16(24-2)18(15)25-3/h4-10,12H,11H2,1-3H3,(H,21,22). The first-order chi connectivity index (χ1) is 12.5. The van der Waals surface area contributed by atoms with Crippen molar-refractivity contribution in [3.05, 3.63) is 58.6 Å². The fraction of sp³-hybridized carbons (Fsp3) is 0.263. The molecule has 0 fully saturated rings.